The maximum absolute atomic E-state index is 13.6. The maximum atomic E-state index is 13.6. The highest BCUT2D eigenvalue weighted by Crippen LogP contribution is 2.36. The minimum Gasteiger partial charge on any atom is -0.492 e. The van der Waals surface area contributed by atoms with Gasteiger partial charge in [0, 0.05) is 30.4 Å². The Balaban J connectivity index is 1.43. The summed E-state index contributed by atoms with van der Waals surface area (Å²) in [6.45, 7) is 3.33. The maximum Gasteiger partial charge on any atom is 0.326 e. The molecule has 3 aromatic carbocycles. The Hall–Kier alpha value is -3.69. The quantitative estimate of drug-likeness (QED) is 0.177. The van der Waals surface area contributed by atoms with Gasteiger partial charge in [0.1, 0.15) is 28.2 Å². The monoisotopic (exact) mass is 660 g/mol. The molecule has 2 atom stereocenters. The molecular weight excluding hydrogens is 612 g/mol. The summed E-state index contributed by atoms with van der Waals surface area (Å²) in [4.78, 5) is 28.2. The van der Waals surface area contributed by atoms with E-state index in [0.717, 1.165) is 53.5 Å². The molecule has 3 aromatic rings. The third-order valence-corrected chi connectivity index (χ3v) is 10.5. The Morgan fingerprint density at radius 2 is 1.64 bits per heavy atom. The van der Waals surface area contributed by atoms with E-state index >= 15 is 0 Å². The van der Waals surface area contributed by atoms with Crippen molar-refractivity contribution in [2.75, 3.05) is 18.6 Å². The van der Waals surface area contributed by atoms with E-state index in [1.165, 1.54) is 32.1 Å². The topological polar surface area (TPSA) is 113 Å². The van der Waals surface area contributed by atoms with Gasteiger partial charge in [-0.2, -0.15) is 0 Å². The predicted octanol–water partition coefficient (Wildman–Crippen LogP) is 6.66. The third-order valence-electron chi connectivity index (χ3n) is 9.51. The fourth-order valence-corrected chi connectivity index (χ4v) is 7.46. The number of ether oxygens (including phenoxy) is 1. The number of carboxylic acid groups (broad SMARTS) is 1. The second kappa shape index (κ2) is 15.9. The number of carboxylic acids is 1. The first-order chi connectivity index (χ1) is 22.6. The molecular formula is C38H48N2O6S. The van der Waals surface area contributed by atoms with Gasteiger partial charge in [-0.05, 0) is 85.0 Å². The molecule has 47 heavy (non-hydrogen) atoms. The molecule has 2 saturated carbocycles. The van der Waals surface area contributed by atoms with Gasteiger partial charge in [-0.1, -0.05) is 80.6 Å². The average Bonchev–Trinajstić information content (AvgIpc) is 3.90. The number of carbonyl (C=O) groups excluding carboxylic acids is 1. The number of rotatable bonds is 16. The molecule has 0 unspecified atom stereocenters. The third kappa shape index (κ3) is 10.1. The zero-order valence-electron chi connectivity index (χ0n) is 27.6. The van der Waals surface area contributed by atoms with E-state index in [0.29, 0.717) is 30.7 Å². The van der Waals surface area contributed by atoms with Crippen LogP contribution in [-0.4, -0.2) is 67.0 Å². The van der Waals surface area contributed by atoms with Gasteiger partial charge < -0.3 is 15.2 Å². The lowest BCUT2D eigenvalue weighted by Crippen LogP contribution is -2.42. The van der Waals surface area contributed by atoms with Gasteiger partial charge in [0.25, 0.3) is 5.91 Å². The standard InChI is InChI=1S/C38H48N2O6S/c1-27-11-9-10-16-33(27)35-24-29(17-20-34(35)37(41)39-36(38(42)43)21-22-47(2,44)45)25-40(30-18-19-30)31(23-28-12-5-3-6-13-28)26-46-32-14-7-4-8-15-32/h4,7-11,14-17,20,24,28,30-31,36H,3,5-6,12-13,18-19,21-23,25-26H2,1-2H3,(H,39,41)(H,42,43)/t31-,36+/m1/s1. The highest BCUT2D eigenvalue weighted by atomic mass is 32.2. The van der Waals surface area contributed by atoms with Crippen molar-refractivity contribution in [3.8, 4) is 16.9 Å². The molecule has 1 amide bonds. The molecule has 8 nitrogen and oxygen atoms in total. The van der Waals surface area contributed by atoms with Crippen LogP contribution in [0, 0.1) is 12.8 Å². The van der Waals surface area contributed by atoms with Crippen molar-refractivity contribution >= 4 is 21.7 Å². The summed E-state index contributed by atoms with van der Waals surface area (Å²) in [7, 11) is -3.39. The van der Waals surface area contributed by atoms with Crippen LogP contribution >= 0.6 is 0 Å². The van der Waals surface area contributed by atoms with Crippen LogP contribution in [0.4, 0.5) is 0 Å². The molecule has 5 rings (SSSR count). The average molecular weight is 661 g/mol. The molecule has 0 saturated heterocycles. The van der Waals surface area contributed by atoms with E-state index in [-0.39, 0.29) is 18.2 Å². The van der Waals surface area contributed by atoms with E-state index in [4.69, 9.17) is 4.74 Å². The van der Waals surface area contributed by atoms with Crippen molar-refractivity contribution in [2.45, 2.75) is 89.4 Å². The molecule has 0 aliphatic heterocycles. The van der Waals surface area contributed by atoms with E-state index < -0.39 is 27.8 Å². The smallest absolute Gasteiger partial charge is 0.326 e. The summed E-state index contributed by atoms with van der Waals surface area (Å²) < 4.78 is 29.8. The van der Waals surface area contributed by atoms with Crippen LogP contribution in [0.1, 0.15) is 79.3 Å². The van der Waals surface area contributed by atoms with Gasteiger partial charge in [0.15, 0.2) is 0 Å². The number of benzene rings is 3. The SMILES string of the molecule is Cc1ccccc1-c1cc(CN(C2CC2)[C@@H](COc2ccccc2)CC2CCCCC2)ccc1C(=O)N[C@@H](CCS(C)(=O)=O)C(=O)O. The summed E-state index contributed by atoms with van der Waals surface area (Å²) >= 11 is 0. The van der Waals surface area contributed by atoms with Gasteiger partial charge in [0.05, 0.1) is 5.75 Å². The van der Waals surface area contributed by atoms with Crippen molar-refractivity contribution < 1.29 is 27.9 Å². The Morgan fingerprint density at radius 3 is 2.30 bits per heavy atom. The lowest BCUT2D eigenvalue weighted by atomic mass is 9.84. The number of hydrogen-bond donors (Lipinski definition) is 2. The van der Waals surface area contributed by atoms with E-state index in [1.807, 2.05) is 67.6 Å². The summed E-state index contributed by atoms with van der Waals surface area (Å²) in [6, 6.07) is 23.1. The lowest BCUT2D eigenvalue weighted by molar-refractivity contribution is -0.139. The lowest BCUT2D eigenvalue weighted by Gasteiger charge is -2.35. The van der Waals surface area contributed by atoms with Gasteiger partial charge in [-0.15, -0.1) is 0 Å². The molecule has 2 N–H and O–H groups in total. The first kappa shape index (κ1) is 34.6. The minimum atomic E-state index is -3.39. The number of para-hydroxylation sites is 1. The molecule has 0 spiro atoms. The zero-order chi connectivity index (χ0) is 33.4. The number of nitrogens with one attached hydrogen (secondary N) is 1. The molecule has 2 fully saturated rings. The van der Waals surface area contributed by atoms with Crippen LogP contribution in [0.3, 0.4) is 0 Å². The van der Waals surface area contributed by atoms with Crippen LogP contribution in [-0.2, 0) is 21.2 Å². The summed E-state index contributed by atoms with van der Waals surface area (Å²) in [5, 5.41) is 12.3. The molecule has 0 heterocycles. The van der Waals surface area contributed by atoms with Crippen LogP contribution < -0.4 is 10.1 Å². The molecule has 9 heteroatoms. The Morgan fingerprint density at radius 1 is 0.936 bits per heavy atom. The van der Waals surface area contributed by atoms with Gasteiger partial charge in [0.2, 0.25) is 0 Å². The highest BCUT2D eigenvalue weighted by Gasteiger charge is 2.36. The number of aryl methyl sites for hydroxylation is 1. The number of sulfone groups is 1. The van der Waals surface area contributed by atoms with Crippen LogP contribution in [0.2, 0.25) is 0 Å². The van der Waals surface area contributed by atoms with E-state index in [1.54, 1.807) is 6.07 Å². The predicted molar refractivity (Wildman–Crippen MR) is 185 cm³/mol. The fraction of sp³-hybridized carbons (Fsp3) is 0.474. The van der Waals surface area contributed by atoms with E-state index in [9.17, 15) is 23.1 Å². The first-order valence-electron chi connectivity index (χ1n) is 16.9. The van der Waals surface area contributed by atoms with E-state index in [2.05, 4.69) is 16.3 Å². The second-order valence-electron chi connectivity index (χ2n) is 13.4. The Labute approximate surface area is 279 Å². The van der Waals surface area contributed by atoms with Crippen molar-refractivity contribution in [3.63, 3.8) is 0 Å². The molecule has 0 radical (unpaired) electrons. The summed E-state index contributed by atoms with van der Waals surface area (Å²) in [5.74, 6) is -0.571. The minimum absolute atomic E-state index is 0.207. The normalized spacial score (nSPS) is 16.8. The molecule has 2 aliphatic carbocycles. The van der Waals surface area contributed by atoms with Gasteiger partial charge >= 0.3 is 5.97 Å². The molecule has 0 bridgehead atoms. The number of carbonyl (C=O) groups is 2. The summed E-state index contributed by atoms with van der Waals surface area (Å²) in [6.07, 6.45) is 10.7. The van der Waals surface area contributed by atoms with Crippen molar-refractivity contribution in [3.05, 3.63) is 89.5 Å². The van der Waals surface area contributed by atoms with Crippen LogP contribution in [0.5, 0.6) is 5.75 Å². The Kier molecular flexibility index (Phi) is 11.7. The van der Waals surface area contributed by atoms with Crippen molar-refractivity contribution in [2.24, 2.45) is 5.92 Å². The van der Waals surface area contributed by atoms with Crippen molar-refractivity contribution in [1.82, 2.24) is 10.2 Å². The van der Waals surface area contributed by atoms with Gasteiger partial charge in [-0.25, -0.2) is 13.2 Å². The van der Waals surface area contributed by atoms with Crippen LogP contribution in [0.25, 0.3) is 11.1 Å². The number of hydrogen-bond acceptors (Lipinski definition) is 6. The molecule has 252 valence electrons. The number of aliphatic carboxylic acids is 1. The summed E-state index contributed by atoms with van der Waals surface area (Å²) in [5.41, 5.74) is 4.05. The van der Waals surface area contributed by atoms with Gasteiger partial charge in [-0.3, -0.25) is 9.69 Å². The number of nitrogens with zero attached hydrogens (tertiary/aromatic N) is 1. The largest absolute Gasteiger partial charge is 0.492 e. The van der Waals surface area contributed by atoms with Crippen molar-refractivity contribution in [1.29, 1.82) is 0 Å². The number of amides is 1. The zero-order valence-corrected chi connectivity index (χ0v) is 28.4. The molecule has 2 aliphatic rings. The molecule has 0 aromatic heterocycles. The Bertz CT molecular complexity index is 1620. The van der Waals surface area contributed by atoms with Crippen LogP contribution in [0.15, 0.2) is 72.8 Å². The second-order valence-corrected chi connectivity index (χ2v) is 15.7. The highest BCUT2D eigenvalue weighted by molar-refractivity contribution is 7.90. The fourth-order valence-electron chi connectivity index (χ4n) is 6.80. The first-order valence-corrected chi connectivity index (χ1v) is 19.0.